The first-order chi connectivity index (χ1) is 14.1. The van der Waals surface area contributed by atoms with Crippen LogP contribution in [0.3, 0.4) is 0 Å². The number of nitrogens with one attached hydrogen (secondary N) is 2. The number of morpholine rings is 1. The Hall–Kier alpha value is -2.35. The van der Waals surface area contributed by atoms with Gasteiger partial charge in [-0.25, -0.2) is 9.38 Å². The molecule has 0 unspecified atom stereocenters. The van der Waals surface area contributed by atoms with Crippen LogP contribution in [0.4, 0.5) is 10.1 Å². The molecule has 1 aliphatic heterocycles. The Morgan fingerprint density at radius 3 is 2.55 bits per heavy atom. The topological polar surface area (TPSA) is 69.2 Å². The number of hydrogen-bond donors (Lipinski definition) is 2. The first-order valence-corrected chi connectivity index (χ1v) is 10.5. The molecule has 0 aromatic heterocycles. The van der Waals surface area contributed by atoms with Crippen molar-refractivity contribution in [2.24, 2.45) is 4.99 Å². The second kappa shape index (κ2) is 12.3. The van der Waals surface area contributed by atoms with Crippen molar-refractivity contribution in [1.82, 2.24) is 15.5 Å². The summed E-state index contributed by atoms with van der Waals surface area (Å²) in [7, 11) is 0. The largest absolute Gasteiger partial charge is 0.378 e. The molecule has 0 saturated carbocycles. The molecule has 1 aromatic rings. The van der Waals surface area contributed by atoms with Gasteiger partial charge in [-0.2, -0.15) is 0 Å². The van der Waals surface area contributed by atoms with Gasteiger partial charge in [0.15, 0.2) is 5.96 Å². The van der Waals surface area contributed by atoms with Gasteiger partial charge in [0.2, 0.25) is 5.91 Å². The number of rotatable bonds is 9. The van der Waals surface area contributed by atoms with Crippen LogP contribution in [0.15, 0.2) is 23.2 Å². The number of benzene rings is 1. The van der Waals surface area contributed by atoms with Gasteiger partial charge in [0.05, 0.1) is 25.4 Å². The number of anilines is 1. The molecule has 2 N–H and O–H groups in total. The standard InChI is InChI=1S/C21H34FN5O2/c1-4-23-21(24-10-9-20(28)26(5-2)6-3)25-16-17-7-8-19(18(22)15-17)27-11-13-29-14-12-27/h7-8,15H,4-6,9-14,16H2,1-3H3,(H2,23,24,25). The Labute approximate surface area is 173 Å². The van der Waals surface area contributed by atoms with Crippen LogP contribution in [0, 0.1) is 5.82 Å². The van der Waals surface area contributed by atoms with Gasteiger partial charge in [-0.1, -0.05) is 6.07 Å². The molecule has 1 aliphatic rings. The van der Waals surface area contributed by atoms with Crippen LogP contribution < -0.4 is 15.5 Å². The summed E-state index contributed by atoms with van der Waals surface area (Å²) in [4.78, 5) is 20.4. The van der Waals surface area contributed by atoms with Crippen molar-refractivity contribution in [2.75, 3.05) is 57.4 Å². The third-order valence-corrected chi connectivity index (χ3v) is 4.88. The summed E-state index contributed by atoms with van der Waals surface area (Å²) in [5.41, 5.74) is 1.41. The second-order valence-corrected chi connectivity index (χ2v) is 6.82. The lowest BCUT2D eigenvalue weighted by atomic mass is 10.1. The first-order valence-electron chi connectivity index (χ1n) is 10.5. The maximum absolute atomic E-state index is 14.5. The fraction of sp³-hybridized carbons (Fsp3) is 0.619. The van der Waals surface area contributed by atoms with Crippen molar-refractivity contribution >= 4 is 17.6 Å². The summed E-state index contributed by atoms with van der Waals surface area (Å²) in [5.74, 6) is 0.513. The maximum Gasteiger partial charge on any atom is 0.224 e. The van der Waals surface area contributed by atoms with Gasteiger partial charge in [-0.15, -0.1) is 0 Å². The van der Waals surface area contributed by atoms with E-state index >= 15 is 0 Å². The van der Waals surface area contributed by atoms with E-state index in [9.17, 15) is 9.18 Å². The van der Waals surface area contributed by atoms with E-state index in [2.05, 4.69) is 15.6 Å². The van der Waals surface area contributed by atoms with E-state index in [1.807, 2.05) is 42.7 Å². The SMILES string of the molecule is CCNC(=NCc1ccc(N2CCOCC2)c(F)c1)NCCC(=O)N(CC)CC. The van der Waals surface area contributed by atoms with Crippen LogP contribution in [0.25, 0.3) is 0 Å². The van der Waals surface area contributed by atoms with E-state index in [4.69, 9.17) is 4.74 Å². The molecular weight excluding hydrogens is 373 g/mol. The average molecular weight is 408 g/mol. The summed E-state index contributed by atoms with van der Waals surface area (Å²) in [5, 5.41) is 6.34. The molecule has 7 nitrogen and oxygen atoms in total. The van der Waals surface area contributed by atoms with Gasteiger partial charge in [-0.05, 0) is 38.5 Å². The summed E-state index contributed by atoms with van der Waals surface area (Å²) >= 11 is 0. The van der Waals surface area contributed by atoms with E-state index in [0.29, 0.717) is 64.0 Å². The Balaban J connectivity index is 1.91. The van der Waals surface area contributed by atoms with Gasteiger partial charge in [0.25, 0.3) is 0 Å². The zero-order valence-corrected chi connectivity index (χ0v) is 17.8. The molecule has 1 aromatic carbocycles. The quantitative estimate of drug-likeness (QED) is 0.484. The Kier molecular flexibility index (Phi) is 9.70. The summed E-state index contributed by atoms with van der Waals surface area (Å²) in [6.45, 7) is 11.6. The molecular formula is C21H34FN5O2. The third kappa shape index (κ3) is 7.20. The molecule has 0 radical (unpaired) electrons. The average Bonchev–Trinajstić information content (AvgIpc) is 2.73. The highest BCUT2D eigenvalue weighted by Crippen LogP contribution is 2.21. The number of ether oxygens (including phenoxy) is 1. The fourth-order valence-electron chi connectivity index (χ4n) is 3.24. The van der Waals surface area contributed by atoms with Crippen LogP contribution in [0.1, 0.15) is 32.8 Å². The van der Waals surface area contributed by atoms with Gasteiger partial charge in [0, 0.05) is 45.7 Å². The molecule has 0 atom stereocenters. The monoisotopic (exact) mass is 407 g/mol. The van der Waals surface area contributed by atoms with Crippen molar-refractivity contribution in [2.45, 2.75) is 33.7 Å². The molecule has 8 heteroatoms. The van der Waals surface area contributed by atoms with Crippen LogP contribution in [0.5, 0.6) is 0 Å². The number of hydrogen-bond acceptors (Lipinski definition) is 4. The molecule has 0 aliphatic carbocycles. The van der Waals surface area contributed by atoms with Crippen molar-refractivity contribution in [3.05, 3.63) is 29.6 Å². The lowest BCUT2D eigenvalue weighted by molar-refractivity contribution is -0.130. The van der Waals surface area contributed by atoms with Gasteiger partial charge in [-0.3, -0.25) is 4.79 Å². The van der Waals surface area contributed by atoms with Crippen molar-refractivity contribution in [1.29, 1.82) is 0 Å². The van der Waals surface area contributed by atoms with Crippen LogP contribution in [-0.2, 0) is 16.1 Å². The second-order valence-electron chi connectivity index (χ2n) is 6.82. The molecule has 0 spiro atoms. The number of carbonyl (C=O) groups is 1. The van der Waals surface area contributed by atoms with Crippen LogP contribution in [-0.4, -0.2) is 69.2 Å². The highest BCUT2D eigenvalue weighted by molar-refractivity contribution is 5.81. The Morgan fingerprint density at radius 1 is 1.21 bits per heavy atom. The predicted octanol–water partition coefficient (Wildman–Crippen LogP) is 1.98. The zero-order chi connectivity index (χ0) is 21.1. The Morgan fingerprint density at radius 2 is 1.93 bits per heavy atom. The molecule has 1 fully saturated rings. The van der Waals surface area contributed by atoms with E-state index in [-0.39, 0.29) is 11.7 Å². The number of guanidine groups is 1. The van der Waals surface area contributed by atoms with Crippen LogP contribution >= 0.6 is 0 Å². The maximum atomic E-state index is 14.5. The van der Waals surface area contributed by atoms with E-state index in [1.165, 1.54) is 0 Å². The highest BCUT2D eigenvalue weighted by atomic mass is 19.1. The molecule has 162 valence electrons. The third-order valence-electron chi connectivity index (χ3n) is 4.88. The smallest absolute Gasteiger partial charge is 0.224 e. The molecule has 29 heavy (non-hydrogen) atoms. The minimum atomic E-state index is -0.234. The van der Waals surface area contributed by atoms with Crippen molar-refractivity contribution in [3.63, 3.8) is 0 Å². The summed E-state index contributed by atoms with van der Waals surface area (Å²) in [6.07, 6.45) is 0.412. The minimum absolute atomic E-state index is 0.124. The lowest BCUT2D eigenvalue weighted by Crippen LogP contribution is -2.40. The Bertz CT molecular complexity index is 673. The molecule has 1 amide bonds. The van der Waals surface area contributed by atoms with Crippen molar-refractivity contribution in [3.8, 4) is 0 Å². The molecule has 0 bridgehead atoms. The number of amides is 1. The first kappa shape index (κ1) is 22.9. The number of carbonyl (C=O) groups excluding carboxylic acids is 1. The number of halogens is 1. The normalized spacial score (nSPS) is 14.6. The van der Waals surface area contributed by atoms with E-state index < -0.39 is 0 Å². The van der Waals surface area contributed by atoms with Gasteiger partial charge >= 0.3 is 0 Å². The van der Waals surface area contributed by atoms with E-state index in [0.717, 1.165) is 18.7 Å². The summed E-state index contributed by atoms with van der Waals surface area (Å²) in [6, 6.07) is 5.27. The number of nitrogens with zero attached hydrogens (tertiary/aromatic N) is 3. The fourth-order valence-corrected chi connectivity index (χ4v) is 3.24. The van der Waals surface area contributed by atoms with Gasteiger partial charge in [0.1, 0.15) is 5.82 Å². The predicted molar refractivity (Wildman–Crippen MR) is 115 cm³/mol. The van der Waals surface area contributed by atoms with E-state index in [1.54, 1.807) is 6.07 Å². The minimum Gasteiger partial charge on any atom is -0.378 e. The zero-order valence-electron chi connectivity index (χ0n) is 17.8. The van der Waals surface area contributed by atoms with Crippen LogP contribution in [0.2, 0.25) is 0 Å². The highest BCUT2D eigenvalue weighted by Gasteiger charge is 2.15. The number of aliphatic imine (C=N–C) groups is 1. The van der Waals surface area contributed by atoms with Crippen molar-refractivity contribution < 1.29 is 13.9 Å². The van der Waals surface area contributed by atoms with Gasteiger partial charge < -0.3 is 25.2 Å². The molecule has 1 heterocycles. The molecule has 1 saturated heterocycles. The summed E-state index contributed by atoms with van der Waals surface area (Å²) < 4.78 is 19.9. The molecule has 2 rings (SSSR count). The lowest BCUT2D eigenvalue weighted by Gasteiger charge is -2.29.